The van der Waals surface area contributed by atoms with Crippen molar-refractivity contribution in [1.82, 2.24) is 0 Å². The van der Waals surface area contributed by atoms with E-state index in [1.807, 2.05) is 12.2 Å². The summed E-state index contributed by atoms with van der Waals surface area (Å²) in [4.78, 5) is 27.3. The summed E-state index contributed by atoms with van der Waals surface area (Å²) in [5, 5.41) is 0. The zero-order valence-electron chi connectivity index (χ0n) is 15.2. The second kappa shape index (κ2) is 6.06. The highest BCUT2D eigenvalue weighted by molar-refractivity contribution is 6.23. The molecule has 2 saturated carbocycles. The number of benzene rings is 1. The number of rotatable bonds is 1. The molecule has 3 aliphatic carbocycles. The molecule has 1 aliphatic heterocycles. The SMILES string of the molecule is O=C1[C@@H]2[C@H](C(=O)N1c1cccc(C(F)(F)F)c1)[C@H]1C=C[C@@H]2C1=C1CCCCC1. The van der Waals surface area contributed by atoms with E-state index in [2.05, 4.69) is 0 Å². The Kier molecular flexibility index (Phi) is 3.83. The fourth-order valence-corrected chi connectivity index (χ4v) is 5.58. The van der Waals surface area contributed by atoms with Crippen molar-refractivity contribution in [1.29, 1.82) is 0 Å². The van der Waals surface area contributed by atoms with Crippen LogP contribution in [0.5, 0.6) is 0 Å². The molecule has 28 heavy (non-hydrogen) atoms. The van der Waals surface area contributed by atoms with Crippen LogP contribution in [-0.4, -0.2) is 11.8 Å². The van der Waals surface area contributed by atoms with Crippen LogP contribution in [-0.2, 0) is 15.8 Å². The fraction of sp³-hybridized carbons (Fsp3) is 0.455. The van der Waals surface area contributed by atoms with Crippen LogP contribution in [0.25, 0.3) is 0 Å². The van der Waals surface area contributed by atoms with Crippen LogP contribution in [0, 0.1) is 23.7 Å². The summed E-state index contributed by atoms with van der Waals surface area (Å²) in [6.07, 6.45) is 5.11. The highest BCUT2D eigenvalue weighted by atomic mass is 19.4. The topological polar surface area (TPSA) is 37.4 Å². The third-order valence-electron chi connectivity index (χ3n) is 6.71. The first kappa shape index (κ1) is 17.7. The van der Waals surface area contributed by atoms with Crippen LogP contribution < -0.4 is 4.90 Å². The molecule has 0 spiro atoms. The quantitative estimate of drug-likeness (QED) is 0.508. The van der Waals surface area contributed by atoms with Gasteiger partial charge in [-0.3, -0.25) is 9.59 Å². The van der Waals surface area contributed by atoms with Gasteiger partial charge in [-0.1, -0.05) is 35.8 Å². The molecule has 4 aliphatic rings. The first-order valence-electron chi connectivity index (χ1n) is 9.83. The minimum atomic E-state index is -4.52. The molecule has 146 valence electrons. The molecule has 0 N–H and O–H groups in total. The minimum absolute atomic E-state index is 0.0190. The van der Waals surface area contributed by atoms with Gasteiger partial charge in [0.05, 0.1) is 23.1 Å². The lowest BCUT2D eigenvalue weighted by Crippen LogP contribution is -2.33. The van der Waals surface area contributed by atoms with E-state index in [1.54, 1.807) is 0 Å². The molecule has 2 bridgehead atoms. The van der Waals surface area contributed by atoms with E-state index < -0.39 is 23.6 Å². The monoisotopic (exact) mass is 387 g/mol. The van der Waals surface area contributed by atoms with Gasteiger partial charge in [-0.2, -0.15) is 13.2 Å². The number of fused-ring (bicyclic) bond motifs is 5. The van der Waals surface area contributed by atoms with Crippen molar-refractivity contribution < 1.29 is 22.8 Å². The number of alkyl halides is 3. The molecule has 3 fully saturated rings. The summed E-state index contributed by atoms with van der Waals surface area (Å²) in [5.74, 6) is -1.81. The van der Waals surface area contributed by atoms with E-state index in [0.29, 0.717) is 0 Å². The van der Waals surface area contributed by atoms with E-state index in [-0.39, 0.29) is 29.3 Å². The first-order chi connectivity index (χ1) is 13.4. The second-order valence-corrected chi connectivity index (χ2v) is 8.17. The minimum Gasteiger partial charge on any atom is -0.274 e. The molecule has 1 aromatic carbocycles. The van der Waals surface area contributed by atoms with Crippen LogP contribution in [0.1, 0.15) is 37.7 Å². The number of hydrogen-bond donors (Lipinski definition) is 0. The third kappa shape index (κ3) is 2.43. The Hall–Kier alpha value is -2.37. The van der Waals surface area contributed by atoms with E-state index in [1.165, 1.54) is 29.7 Å². The average Bonchev–Trinajstić information content (AvgIpc) is 3.31. The van der Waals surface area contributed by atoms with E-state index in [4.69, 9.17) is 0 Å². The molecule has 0 radical (unpaired) electrons. The van der Waals surface area contributed by atoms with Crippen LogP contribution >= 0.6 is 0 Å². The van der Waals surface area contributed by atoms with Crippen molar-refractivity contribution in [3.8, 4) is 0 Å². The standard InChI is InChI=1S/C22H20F3NO2/c23-22(24,25)13-7-4-8-14(11-13)26-20(27)18-15-9-10-16(19(18)21(26)28)17(15)12-5-2-1-3-6-12/h4,7-11,15-16,18-19H,1-3,5-6H2/t15-,16+,18+,19-. The highest BCUT2D eigenvalue weighted by Gasteiger charge is 2.62. The molecule has 0 unspecified atom stereocenters. The zero-order chi connectivity index (χ0) is 19.6. The summed E-state index contributed by atoms with van der Waals surface area (Å²) in [6.45, 7) is 0. The van der Waals surface area contributed by atoms with Crippen molar-refractivity contribution in [2.75, 3.05) is 4.90 Å². The summed E-state index contributed by atoms with van der Waals surface area (Å²) in [6, 6.07) is 4.50. The number of carbonyl (C=O) groups excluding carboxylic acids is 2. The second-order valence-electron chi connectivity index (χ2n) is 8.17. The number of amides is 2. The smallest absolute Gasteiger partial charge is 0.274 e. The van der Waals surface area contributed by atoms with Gasteiger partial charge in [-0.05, 0) is 43.9 Å². The lowest BCUT2D eigenvalue weighted by Gasteiger charge is -2.23. The number of nitrogens with zero attached hydrogens (tertiary/aromatic N) is 1. The average molecular weight is 387 g/mol. The van der Waals surface area contributed by atoms with Gasteiger partial charge in [-0.15, -0.1) is 0 Å². The maximum atomic E-state index is 13.1. The van der Waals surface area contributed by atoms with Crippen molar-refractivity contribution >= 4 is 17.5 Å². The number of carbonyl (C=O) groups is 2. The normalized spacial score (nSPS) is 31.9. The largest absolute Gasteiger partial charge is 0.416 e. The van der Waals surface area contributed by atoms with Gasteiger partial charge in [0.1, 0.15) is 0 Å². The Morgan fingerprint density at radius 1 is 0.893 bits per heavy atom. The maximum Gasteiger partial charge on any atom is 0.416 e. The highest BCUT2D eigenvalue weighted by Crippen LogP contribution is 2.58. The molecule has 2 amide bonds. The van der Waals surface area contributed by atoms with Gasteiger partial charge in [0, 0.05) is 11.8 Å². The lowest BCUT2D eigenvalue weighted by molar-refractivity contribution is -0.137. The Morgan fingerprint density at radius 2 is 1.50 bits per heavy atom. The Balaban J connectivity index is 1.51. The Bertz CT molecular complexity index is 888. The zero-order valence-corrected chi connectivity index (χ0v) is 15.2. The molecule has 4 atom stereocenters. The number of anilines is 1. The molecule has 5 rings (SSSR count). The van der Waals surface area contributed by atoms with Crippen molar-refractivity contribution in [2.45, 2.75) is 38.3 Å². The van der Waals surface area contributed by atoms with E-state index in [9.17, 15) is 22.8 Å². The van der Waals surface area contributed by atoms with Gasteiger partial charge in [-0.25, -0.2) is 4.90 Å². The lowest BCUT2D eigenvalue weighted by atomic mass is 9.85. The van der Waals surface area contributed by atoms with Crippen LogP contribution in [0.4, 0.5) is 18.9 Å². The van der Waals surface area contributed by atoms with Crippen molar-refractivity contribution in [2.24, 2.45) is 23.7 Å². The summed E-state index contributed by atoms with van der Waals surface area (Å²) in [7, 11) is 0. The summed E-state index contributed by atoms with van der Waals surface area (Å²) in [5.41, 5.74) is 1.81. The van der Waals surface area contributed by atoms with Crippen LogP contribution in [0.15, 0.2) is 47.6 Å². The molecule has 1 aromatic rings. The van der Waals surface area contributed by atoms with E-state index in [0.717, 1.165) is 42.7 Å². The van der Waals surface area contributed by atoms with Gasteiger partial charge < -0.3 is 0 Å². The van der Waals surface area contributed by atoms with E-state index >= 15 is 0 Å². The van der Waals surface area contributed by atoms with Crippen molar-refractivity contribution in [3.63, 3.8) is 0 Å². The molecular formula is C22H20F3NO2. The first-order valence-corrected chi connectivity index (χ1v) is 9.83. The van der Waals surface area contributed by atoms with Gasteiger partial charge in [0.2, 0.25) is 11.8 Å². The Morgan fingerprint density at radius 3 is 2.07 bits per heavy atom. The van der Waals surface area contributed by atoms with Crippen LogP contribution in [0.2, 0.25) is 0 Å². The Labute approximate surface area is 160 Å². The maximum absolute atomic E-state index is 13.1. The number of halogens is 3. The molecule has 6 heteroatoms. The summed E-state index contributed by atoms with van der Waals surface area (Å²) < 4.78 is 39.2. The predicted molar refractivity (Wildman–Crippen MR) is 97.1 cm³/mol. The van der Waals surface area contributed by atoms with Crippen LogP contribution in [0.3, 0.4) is 0 Å². The summed E-state index contributed by atoms with van der Waals surface area (Å²) >= 11 is 0. The van der Waals surface area contributed by atoms with Gasteiger partial charge in [0.15, 0.2) is 0 Å². The fourth-order valence-electron chi connectivity index (χ4n) is 5.58. The molecule has 3 nitrogen and oxygen atoms in total. The van der Waals surface area contributed by atoms with Gasteiger partial charge in [0.25, 0.3) is 0 Å². The molecule has 0 aromatic heterocycles. The molecular weight excluding hydrogens is 367 g/mol. The number of hydrogen-bond acceptors (Lipinski definition) is 2. The number of allylic oxidation sites excluding steroid dienone is 4. The predicted octanol–water partition coefficient (Wildman–Crippen LogP) is 4.89. The molecule has 1 saturated heterocycles. The number of imide groups is 1. The van der Waals surface area contributed by atoms with Gasteiger partial charge >= 0.3 is 6.18 Å². The third-order valence-corrected chi connectivity index (χ3v) is 6.71. The van der Waals surface area contributed by atoms with Crippen molar-refractivity contribution in [3.05, 3.63) is 53.1 Å². The molecule has 1 heterocycles.